The number of alkyl carbamates (subject to hydrolysis) is 2. The highest BCUT2D eigenvalue weighted by Gasteiger charge is 2.23. The fourth-order valence-electron chi connectivity index (χ4n) is 3.03. The predicted octanol–water partition coefficient (Wildman–Crippen LogP) is 3.95. The van der Waals surface area contributed by atoms with Gasteiger partial charge < -0.3 is 30.0 Å². The lowest BCUT2D eigenvalue weighted by molar-refractivity contribution is -0.139. The minimum absolute atomic E-state index is 0.00493. The van der Waals surface area contributed by atoms with Crippen LogP contribution in [0, 0.1) is 0 Å². The number of aliphatic imine (C=N–C) groups is 1. The molecule has 0 saturated heterocycles. The second-order valence-corrected chi connectivity index (χ2v) is 9.29. The monoisotopic (exact) mass is 542 g/mol. The number of carboxylic acid groups (broad SMARTS) is 1. The molecule has 2 rings (SSSR count). The third-order valence-electron chi connectivity index (χ3n) is 4.79. The quantitative estimate of drug-likeness (QED) is 0.151. The summed E-state index contributed by atoms with van der Waals surface area (Å²) in [4.78, 5) is 51.8. The number of aliphatic carboxylic acids is 1. The summed E-state index contributed by atoms with van der Waals surface area (Å²) < 4.78 is 15.4. The number of guanidine groups is 1. The minimum Gasteiger partial charge on any atom is -0.480 e. The smallest absolute Gasteiger partial charge is 0.437 e. The SMILES string of the molecule is CC(C)(C)OC(=O)N[C@@H](CCCN/C(=N\C(=O)OCc1ccccc1)NC(=O)OCc1ccccc1)C(=O)O. The number of amides is 3. The molecule has 0 fully saturated rings. The molecule has 1 atom stereocenters. The number of nitrogens with zero attached hydrogens (tertiary/aromatic N) is 1. The van der Waals surface area contributed by atoms with Gasteiger partial charge in [0.15, 0.2) is 0 Å². The molecule has 0 aliphatic rings. The van der Waals surface area contributed by atoms with Crippen LogP contribution in [0.3, 0.4) is 0 Å². The number of hydrogen-bond donors (Lipinski definition) is 4. The third kappa shape index (κ3) is 13.5. The first-order chi connectivity index (χ1) is 18.5. The lowest BCUT2D eigenvalue weighted by atomic mass is 10.1. The van der Waals surface area contributed by atoms with Gasteiger partial charge in [-0.1, -0.05) is 60.7 Å². The molecule has 12 heteroatoms. The van der Waals surface area contributed by atoms with Crippen LogP contribution in [0.1, 0.15) is 44.7 Å². The molecule has 4 N–H and O–H groups in total. The lowest BCUT2D eigenvalue weighted by Gasteiger charge is -2.22. The number of carbonyl (C=O) groups excluding carboxylic acids is 3. The van der Waals surface area contributed by atoms with Crippen LogP contribution in [-0.2, 0) is 32.2 Å². The number of nitrogens with one attached hydrogen (secondary N) is 3. The first kappa shape index (κ1) is 30.6. The van der Waals surface area contributed by atoms with Gasteiger partial charge in [0.25, 0.3) is 0 Å². The van der Waals surface area contributed by atoms with Gasteiger partial charge >= 0.3 is 24.2 Å². The Morgan fingerprint density at radius 1 is 0.872 bits per heavy atom. The van der Waals surface area contributed by atoms with Gasteiger partial charge in [-0.15, -0.1) is 4.99 Å². The van der Waals surface area contributed by atoms with Crippen molar-refractivity contribution in [1.82, 2.24) is 16.0 Å². The second kappa shape index (κ2) is 15.6. The van der Waals surface area contributed by atoms with Crippen molar-refractivity contribution >= 4 is 30.2 Å². The molecule has 12 nitrogen and oxygen atoms in total. The number of carboxylic acids is 1. The normalized spacial score (nSPS) is 12.0. The highest BCUT2D eigenvalue weighted by atomic mass is 16.6. The van der Waals surface area contributed by atoms with Gasteiger partial charge in [-0.2, -0.15) is 0 Å². The van der Waals surface area contributed by atoms with Gasteiger partial charge in [-0.3, -0.25) is 5.32 Å². The van der Waals surface area contributed by atoms with E-state index in [9.17, 15) is 24.3 Å². The first-order valence-corrected chi connectivity index (χ1v) is 12.2. The Morgan fingerprint density at radius 3 is 1.97 bits per heavy atom. The molecule has 0 aromatic heterocycles. The number of hydrogen-bond acceptors (Lipinski definition) is 7. The lowest BCUT2D eigenvalue weighted by Crippen LogP contribution is -2.45. The van der Waals surface area contributed by atoms with E-state index in [1.165, 1.54) is 0 Å². The largest absolute Gasteiger partial charge is 0.480 e. The summed E-state index contributed by atoms with van der Waals surface area (Å²) in [5, 5.41) is 16.9. The van der Waals surface area contributed by atoms with E-state index in [1.54, 1.807) is 69.3 Å². The summed E-state index contributed by atoms with van der Waals surface area (Å²) in [5.41, 5.74) is 0.734. The zero-order valence-corrected chi connectivity index (χ0v) is 22.1. The molecular weight excluding hydrogens is 508 g/mol. The molecule has 0 radical (unpaired) electrons. The fourth-order valence-corrected chi connectivity index (χ4v) is 3.03. The average molecular weight is 543 g/mol. The number of rotatable bonds is 10. The number of benzene rings is 2. The molecule has 0 spiro atoms. The molecular formula is C27H34N4O8. The van der Waals surface area contributed by atoms with Crippen molar-refractivity contribution in [2.45, 2.75) is 58.5 Å². The molecule has 2 aromatic rings. The molecule has 39 heavy (non-hydrogen) atoms. The molecule has 210 valence electrons. The number of ether oxygens (including phenoxy) is 3. The zero-order chi connectivity index (χ0) is 28.7. The molecule has 0 heterocycles. The molecule has 0 aliphatic carbocycles. The predicted molar refractivity (Wildman–Crippen MR) is 142 cm³/mol. The van der Waals surface area contributed by atoms with Crippen LogP contribution in [0.4, 0.5) is 14.4 Å². The van der Waals surface area contributed by atoms with Crippen LogP contribution < -0.4 is 16.0 Å². The zero-order valence-electron chi connectivity index (χ0n) is 22.1. The Kier molecular flexibility index (Phi) is 12.2. The van der Waals surface area contributed by atoms with E-state index in [2.05, 4.69) is 20.9 Å². The van der Waals surface area contributed by atoms with Gasteiger partial charge in [0.05, 0.1) is 0 Å². The molecule has 0 bridgehead atoms. The maximum Gasteiger partial charge on any atom is 0.437 e. The standard InChI is InChI=1S/C27H34N4O8/c1-27(2,3)39-26(36)29-21(22(32)33)15-10-16-28-23(30-24(34)37-17-19-11-6-4-7-12-19)31-25(35)38-18-20-13-8-5-9-14-20/h4-9,11-14,21H,10,15-18H2,1-3H3,(H,29,36)(H,32,33)(H2,28,30,31,34,35)/t21-/m0/s1. The maximum absolute atomic E-state index is 12.3. The maximum atomic E-state index is 12.3. The van der Waals surface area contributed by atoms with E-state index in [0.717, 1.165) is 11.1 Å². The molecule has 3 amide bonds. The van der Waals surface area contributed by atoms with Gasteiger partial charge in [0.2, 0.25) is 5.96 Å². The van der Waals surface area contributed by atoms with E-state index in [1.807, 2.05) is 12.1 Å². The van der Waals surface area contributed by atoms with Crippen LogP contribution in [0.5, 0.6) is 0 Å². The topological polar surface area (TPSA) is 165 Å². The molecule has 0 saturated carbocycles. The minimum atomic E-state index is -1.23. The van der Waals surface area contributed by atoms with Crippen molar-refractivity contribution in [3.63, 3.8) is 0 Å². The number of carbonyl (C=O) groups is 4. The van der Waals surface area contributed by atoms with E-state index in [-0.39, 0.29) is 38.6 Å². The van der Waals surface area contributed by atoms with Crippen molar-refractivity contribution in [3.8, 4) is 0 Å². The van der Waals surface area contributed by atoms with Crippen LogP contribution in [0.2, 0.25) is 0 Å². The van der Waals surface area contributed by atoms with Crippen molar-refractivity contribution in [2.75, 3.05) is 6.54 Å². The van der Waals surface area contributed by atoms with Gasteiger partial charge in [-0.25, -0.2) is 19.2 Å². The van der Waals surface area contributed by atoms with Crippen LogP contribution in [0.25, 0.3) is 0 Å². The van der Waals surface area contributed by atoms with E-state index >= 15 is 0 Å². The van der Waals surface area contributed by atoms with E-state index < -0.39 is 35.9 Å². The second-order valence-electron chi connectivity index (χ2n) is 9.29. The fraction of sp³-hybridized carbons (Fsp3) is 0.370. The van der Waals surface area contributed by atoms with Gasteiger partial charge in [0, 0.05) is 6.54 Å². The van der Waals surface area contributed by atoms with Gasteiger partial charge in [-0.05, 0) is 44.7 Å². The Morgan fingerprint density at radius 2 is 1.44 bits per heavy atom. The Hall–Kier alpha value is -4.61. The summed E-state index contributed by atoms with van der Waals surface area (Å²) >= 11 is 0. The van der Waals surface area contributed by atoms with Crippen LogP contribution in [-0.4, -0.2) is 53.5 Å². The van der Waals surface area contributed by atoms with Gasteiger partial charge in [0.1, 0.15) is 24.9 Å². The average Bonchev–Trinajstić information content (AvgIpc) is 2.88. The summed E-state index contributed by atoms with van der Waals surface area (Å²) in [6, 6.07) is 16.8. The Bertz CT molecular complexity index is 1120. The van der Waals surface area contributed by atoms with Crippen molar-refractivity contribution < 1.29 is 38.5 Å². The van der Waals surface area contributed by atoms with Crippen molar-refractivity contribution in [3.05, 3.63) is 71.8 Å². The summed E-state index contributed by atoms with van der Waals surface area (Å²) in [6.07, 6.45) is -2.41. The highest BCUT2D eigenvalue weighted by Crippen LogP contribution is 2.08. The Balaban J connectivity index is 1.94. The van der Waals surface area contributed by atoms with E-state index in [4.69, 9.17) is 14.2 Å². The van der Waals surface area contributed by atoms with Crippen LogP contribution >= 0.6 is 0 Å². The van der Waals surface area contributed by atoms with Crippen LogP contribution in [0.15, 0.2) is 65.7 Å². The molecule has 0 aliphatic heterocycles. The highest BCUT2D eigenvalue weighted by molar-refractivity contribution is 5.98. The molecule has 2 aromatic carbocycles. The molecule has 0 unspecified atom stereocenters. The summed E-state index contributed by atoms with van der Waals surface area (Å²) in [5.74, 6) is -1.47. The summed E-state index contributed by atoms with van der Waals surface area (Å²) in [7, 11) is 0. The first-order valence-electron chi connectivity index (χ1n) is 12.2. The Labute approximate surface area is 226 Å². The summed E-state index contributed by atoms with van der Waals surface area (Å²) in [6.45, 7) is 5.06. The van der Waals surface area contributed by atoms with E-state index in [0.29, 0.717) is 0 Å². The van der Waals surface area contributed by atoms with Crippen molar-refractivity contribution in [1.29, 1.82) is 0 Å². The van der Waals surface area contributed by atoms with Crippen molar-refractivity contribution in [2.24, 2.45) is 4.99 Å². The third-order valence-corrected chi connectivity index (χ3v) is 4.79.